The molecule has 0 spiro atoms. The van der Waals surface area contributed by atoms with Crippen LogP contribution in [0.3, 0.4) is 0 Å². The minimum Gasteiger partial charge on any atom is -0.377 e. The molecule has 1 fully saturated rings. The van der Waals surface area contributed by atoms with Gasteiger partial charge in [-0.2, -0.15) is 4.39 Å². The van der Waals surface area contributed by atoms with Gasteiger partial charge in [-0.25, -0.2) is 4.98 Å². The van der Waals surface area contributed by atoms with Gasteiger partial charge in [-0.3, -0.25) is 0 Å². The Balaban J connectivity index is 2.02. The van der Waals surface area contributed by atoms with E-state index in [4.69, 9.17) is 4.74 Å². The number of nitrogens with zero attached hydrogens (tertiary/aromatic N) is 1. The van der Waals surface area contributed by atoms with Crippen LogP contribution in [0.1, 0.15) is 0 Å². The van der Waals surface area contributed by atoms with Gasteiger partial charge in [0.25, 0.3) is 0 Å². The van der Waals surface area contributed by atoms with Gasteiger partial charge < -0.3 is 10.1 Å². The van der Waals surface area contributed by atoms with Crippen molar-refractivity contribution in [3.63, 3.8) is 0 Å². The first-order valence-electron chi connectivity index (χ1n) is 3.81. The van der Waals surface area contributed by atoms with E-state index in [0.717, 1.165) is 0 Å². The normalized spacial score (nSPS) is 17.1. The van der Waals surface area contributed by atoms with Gasteiger partial charge >= 0.3 is 0 Å². The van der Waals surface area contributed by atoms with Crippen LogP contribution in [0.25, 0.3) is 0 Å². The van der Waals surface area contributed by atoms with Gasteiger partial charge in [0, 0.05) is 0 Å². The summed E-state index contributed by atoms with van der Waals surface area (Å²) in [6.07, 6.45) is 0. The monoisotopic (exact) mass is 168 g/mol. The zero-order chi connectivity index (χ0) is 8.39. The van der Waals surface area contributed by atoms with E-state index in [-0.39, 0.29) is 0 Å². The maximum Gasteiger partial charge on any atom is 0.214 e. The minimum absolute atomic E-state index is 0.291. The van der Waals surface area contributed by atoms with E-state index in [1.807, 2.05) is 0 Å². The van der Waals surface area contributed by atoms with Crippen molar-refractivity contribution in [3.8, 4) is 0 Å². The van der Waals surface area contributed by atoms with E-state index < -0.39 is 5.95 Å². The number of hydrogen-bond donors (Lipinski definition) is 1. The lowest BCUT2D eigenvalue weighted by Crippen LogP contribution is -2.40. The molecule has 64 valence electrons. The molecule has 2 rings (SSSR count). The summed E-state index contributed by atoms with van der Waals surface area (Å²) in [5.74, 6) is 0.114. The molecular formula is C8H9FN2O. The summed E-state index contributed by atoms with van der Waals surface area (Å²) in [6, 6.07) is 4.98. The number of pyridine rings is 1. The molecule has 1 aromatic heterocycles. The Morgan fingerprint density at radius 2 is 2.33 bits per heavy atom. The standard InChI is InChI=1S/C8H9FN2O/c9-7-2-1-3-8(11-7)10-6-4-12-5-6/h1-3,6H,4-5H2,(H,10,11). The lowest BCUT2D eigenvalue weighted by Gasteiger charge is -2.27. The average Bonchev–Trinajstić information content (AvgIpc) is 1.97. The van der Waals surface area contributed by atoms with Crippen LogP contribution < -0.4 is 5.32 Å². The Morgan fingerprint density at radius 3 is 2.92 bits per heavy atom. The highest BCUT2D eigenvalue weighted by molar-refractivity contribution is 5.35. The first-order valence-corrected chi connectivity index (χ1v) is 3.81. The third kappa shape index (κ3) is 1.53. The molecule has 0 aromatic carbocycles. The van der Waals surface area contributed by atoms with Crippen molar-refractivity contribution in [3.05, 3.63) is 24.1 Å². The molecule has 1 saturated heterocycles. The van der Waals surface area contributed by atoms with E-state index in [0.29, 0.717) is 25.1 Å². The summed E-state index contributed by atoms with van der Waals surface area (Å²) in [6.45, 7) is 1.36. The van der Waals surface area contributed by atoms with E-state index in [9.17, 15) is 4.39 Å². The maximum atomic E-state index is 12.6. The van der Waals surface area contributed by atoms with E-state index in [1.54, 1.807) is 12.1 Å². The number of rotatable bonds is 2. The van der Waals surface area contributed by atoms with E-state index in [2.05, 4.69) is 10.3 Å². The largest absolute Gasteiger partial charge is 0.377 e. The summed E-state index contributed by atoms with van der Waals surface area (Å²) in [5.41, 5.74) is 0. The van der Waals surface area contributed by atoms with Gasteiger partial charge in [0.15, 0.2) is 0 Å². The van der Waals surface area contributed by atoms with Crippen molar-refractivity contribution in [2.75, 3.05) is 18.5 Å². The Kier molecular flexibility index (Phi) is 1.91. The number of nitrogens with one attached hydrogen (secondary N) is 1. The minimum atomic E-state index is -0.458. The molecule has 1 aromatic rings. The lowest BCUT2D eigenvalue weighted by molar-refractivity contribution is 0.0209. The summed E-state index contributed by atoms with van der Waals surface area (Å²) < 4.78 is 17.5. The van der Waals surface area contributed by atoms with Gasteiger partial charge in [0.2, 0.25) is 5.95 Å². The van der Waals surface area contributed by atoms with Crippen LogP contribution in [0.15, 0.2) is 18.2 Å². The van der Waals surface area contributed by atoms with Crippen molar-refractivity contribution in [1.82, 2.24) is 4.98 Å². The average molecular weight is 168 g/mol. The molecule has 0 atom stereocenters. The van der Waals surface area contributed by atoms with Crippen molar-refractivity contribution in [1.29, 1.82) is 0 Å². The zero-order valence-electron chi connectivity index (χ0n) is 6.46. The second-order valence-corrected chi connectivity index (χ2v) is 2.72. The van der Waals surface area contributed by atoms with Crippen molar-refractivity contribution in [2.24, 2.45) is 0 Å². The second-order valence-electron chi connectivity index (χ2n) is 2.72. The fourth-order valence-electron chi connectivity index (χ4n) is 1.02. The number of anilines is 1. The van der Waals surface area contributed by atoms with Crippen LogP contribution >= 0.6 is 0 Å². The van der Waals surface area contributed by atoms with E-state index in [1.165, 1.54) is 6.07 Å². The highest BCUT2D eigenvalue weighted by Gasteiger charge is 2.17. The van der Waals surface area contributed by atoms with Gasteiger partial charge in [-0.1, -0.05) is 6.07 Å². The van der Waals surface area contributed by atoms with Crippen LogP contribution in [0.2, 0.25) is 0 Å². The summed E-state index contributed by atoms with van der Waals surface area (Å²) in [4.78, 5) is 3.66. The van der Waals surface area contributed by atoms with Crippen molar-refractivity contribution >= 4 is 5.82 Å². The van der Waals surface area contributed by atoms with Crippen LogP contribution in [0.4, 0.5) is 10.2 Å². The molecule has 4 heteroatoms. The Morgan fingerprint density at radius 1 is 1.50 bits per heavy atom. The molecule has 3 nitrogen and oxygen atoms in total. The third-order valence-electron chi connectivity index (χ3n) is 1.71. The fraction of sp³-hybridized carbons (Fsp3) is 0.375. The van der Waals surface area contributed by atoms with Crippen LogP contribution in [-0.2, 0) is 4.74 Å². The molecule has 1 aliphatic rings. The maximum absolute atomic E-state index is 12.6. The molecule has 0 aliphatic carbocycles. The molecule has 0 bridgehead atoms. The lowest BCUT2D eigenvalue weighted by atomic mass is 10.2. The predicted molar refractivity (Wildman–Crippen MR) is 42.4 cm³/mol. The molecule has 0 saturated carbocycles. The summed E-state index contributed by atoms with van der Waals surface area (Å²) in [5, 5.41) is 3.04. The number of halogens is 1. The molecule has 0 unspecified atom stereocenters. The predicted octanol–water partition coefficient (Wildman–Crippen LogP) is 1.03. The number of hydrogen-bond acceptors (Lipinski definition) is 3. The van der Waals surface area contributed by atoms with Gasteiger partial charge in [0.1, 0.15) is 5.82 Å². The summed E-state index contributed by atoms with van der Waals surface area (Å²) in [7, 11) is 0. The summed E-state index contributed by atoms with van der Waals surface area (Å²) >= 11 is 0. The van der Waals surface area contributed by atoms with Gasteiger partial charge in [0.05, 0.1) is 19.3 Å². The molecule has 1 N–H and O–H groups in total. The van der Waals surface area contributed by atoms with E-state index >= 15 is 0 Å². The second kappa shape index (κ2) is 3.06. The third-order valence-corrected chi connectivity index (χ3v) is 1.71. The smallest absolute Gasteiger partial charge is 0.214 e. The first kappa shape index (κ1) is 7.49. The Hall–Kier alpha value is -1.16. The first-order chi connectivity index (χ1) is 5.84. The highest BCUT2D eigenvalue weighted by atomic mass is 19.1. The van der Waals surface area contributed by atoms with Crippen LogP contribution in [0, 0.1) is 5.95 Å². The zero-order valence-corrected chi connectivity index (χ0v) is 6.46. The SMILES string of the molecule is Fc1cccc(NC2COC2)n1. The van der Waals surface area contributed by atoms with Crippen LogP contribution in [0.5, 0.6) is 0 Å². The quantitative estimate of drug-likeness (QED) is 0.670. The van der Waals surface area contributed by atoms with Crippen LogP contribution in [-0.4, -0.2) is 24.2 Å². The molecule has 12 heavy (non-hydrogen) atoms. The van der Waals surface area contributed by atoms with Crippen molar-refractivity contribution < 1.29 is 9.13 Å². The molecule has 0 amide bonds. The Bertz CT molecular complexity index is 276. The van der Waals surface area contributed by atoms with Gasteiger partial charge in [-0.05, 0) is 12.1 Å². The molecule has 1 aliphatic heterocycles. The number of aromatic nitrogens is 1. The van der Waals surface area contributed by atoms with Crippen molar-refractivity contribution in [2.45, 2.75) is 6.04 Å². The molecule has 2 heterocycles. The highest BCUT2D eigenvalue weighted by Crippen LogP contribution is 2.09. The number of ether oxygens (including phenoxy) is 1. The fourth-order valence-corrected chi connectivity index (χ4v) is 1.02. The Labute approximate surface area is 69.6 Å². The van der Waals surface area contributed by atoms with Gasteiger partial charge in [-0.15, -0.1) is 0 Å². The molecular weight excluding hydrogens is 159 g/mol. The molecule has 0 radical (unpaired) electrons. The topological polar surface area (TPSA) is 34.1 Å².